The maximum atomic E-state index is 10.2. The van der Waals surface area contributed by atoms with Crippen molar-refractivity contribution in [3.63, 3.8) is 0 Å². The predicted octanol–water partition coefficient (Wildman–Crippen LogP) is 4.08. The molecule has 5 heterocycles. The van der Waals surface area contributed by atoms with Crippen LogP contribution in [0.2, 0.25) is 0 Å². The lowest BCUT2D eigenvalue weighted by Gasteiger charge is -2.28. The molecule has 11 heteroatoms. The van der Waals surface area contributed by atoms with Crippen LogP contribution in [-0.4, -0.2) is 63.6 Å². The molecule has 0 bridgehead atoms. The number of pyridine rings is 2. The van der Waals surface area contributed by atoms with Crippen molar-refractivity contribution in [3.05, 3.63) is 54.4 Å². The number of nitrogens with zero attached hydrogens (tertiary/aromatic N) is 6. The highest BCUT2D eigenvalue weighted by atomic mass is 16.5. The summed E-state index contributed by atoms with van der Waals surface area (Å²) in [6, 6.07) is 11.5. The van der Waals surface area contributed by atoms with Crippen molar-refractivity contribution in [2.75, 3.05) is 48.9 Å². The summed E-state index contributed by atoms with van der Waals surface area (Å²) >= 11 is 0. The summed E-state index contributed by atoms with van der Waals surface area (Å²) in [6.45, 7) is 6.56. The minimum Gasteiger partial charge on any atom is -0.436 e. The summed E-state index contributed by atoms with van der Waals surface area (Å²) < 4.78 is 11.6. The lowest BCUT2D eigenvalue weighted by Crippen LogP contribution is -2.36. The average Bonchev–Trinajstić information content (AvgIpc) is 3.36. The van der Waals surface area contributed by atoms with Crippen molar-refractivity contribution < 1.29 is 14.3 Å². The van der Waals surface area contributed by atoms with Gasteiger partial charge in [0, 0.05) is 49.2 Å². The molecule has 1 aliphatic heterocycles. The Labute approximate surface area is 218 Å². The van der Waals surface area contributed by atoms with Crippen molar-refractivity contribution >= 4 is 45.1 Å². The van der Waals surface area contributed by atoms with Gasteiger partial charge in [-0.15, -0.1) is 10.2 Å². The highest BCUT2D eigenvalue weighted by Gasteiger charge is 2.19. The first-order valence-electron chi connectivity index (χ1n) is 12.4. The van der Waals surface area contributed by atoms with E-state index in [-0.39, 0.29) is 0 Å². The topological polar surface area (TPSA) is 134 Å². The third-order valence-corrected chi connectivity index (χ3v) is 6.57. The standard InChI is InChI=1S/C27H28N8O3/c1-27(2,36)16-4-7-22(29-14-16)32-23-13-18-19(15-30-25(28-3)24(18)34-33-23)26-31-20-12-17(5-6-21(20)38-26)35-8-10-37-11-9-35/h4-7,12-15,36H,8-11H2,1-3H3,(H,28,30)(H,29,32,33). The summed E-state index contributed by atoms with van der Waals surface area (Å²) in [6.07, 6.45) is 3.36. The van der Waals surface area contributed by atoms with Gasteiger partial charge in [-0.2, -0.15) is 0 Å². The Balaban J connectivity index is 1.37. The molecule has 6 rings (SSSR count). The lowest BCUT2D eigenvalue weighted by atomic mass is 10.0. The second-order valence-electron chi connectivity index (χ2n) is 9.65. The molecule has 0 saturated carbocycles. The number of oxazole rings is 1. The Morgan fingerprint density at radius 1 is 0.974 bits per heavy atom. The molecule has 5 aromatic rings. The molecular formula is C27H28N8O3. The van der Waals surface area contributed by atoms with Crippen LogP contribution in [0.4, 0.5) is 23.1 Å². The number of benzene rings is 1. The summed E-state index contributed by atoms with van der Waals surface area (Å²) in [5.74, 6) is 2.13. The monoisotopic (exact) mass is 512 g/mol. The molecule has 0 spiro atoms. The number of rotatable bonds is 6. The van der Waals surface area contributed by atoms with Crippen LogP contribution in [0.15, 0.2) is 53.2 Å². The molecule has 3 N–H and O–H groups in total. The summed E-state index contributed by atoms with van der Waals surface area (Å²) in [5, 5.41) is 26.0. The molecule has 1 aliphatic rings. The van der Waals surface area contributed by atoms with Gasteiger partial charge < -0.3 is 29.8 Å². The van der Waals surface area contributed by atoms with Gasteiger partial charge >= 0.3 is 0 Å². The normalized spacial score (nSPS) is 14.3. The van der Waals surface area contributed by atoms with Gasteiger partial charge in [0.15, 0.2) is 17.2 Å². The molecule has 1 fully saturated rings. The number of nitrogens with one attached hydrogen (secondary N) is 2. The van der Waals surface area contributed by atoms with E-state index in [0.717, 1.165) is 29.7 Å². The number of morpholine rings is 1. The van der Waals surface area contributed by atoms with Crippen LogP contribution in [-0.2, 0) is 10.3 Å². The fourth-order valence-electron chi connectivity index (χ4n) is 4.46. The first-order valence-corrected chi connectivity index (χ1v) is 12.4. The Hall–Kier alpha value is -4.35. The number of ether oxygens (including phenoxy) is 1. The van der Waals surface area contributed by atoms with Crippen molar-refractivity contribution in [2.24, 2.45) is 0 Å². The van der Waals surface area contributed by atoms with Crippen LogP contribution in [0.3, 0.4) is 0 Å². The number of anilines is 4. The molecule has 11 nitrogen and oxygen atoms in total. The van der Waals surface area contributed by atoms with Crippen LogP contribution < -0.4 is 15.5 Å². The molecular weight excluding hydrogens is 484 g/mol. The number of fused-ring (bicyclic) bond motifs is 2. The second kappa shape index (κ2) is 9.51. The SMILES string of the molecule is CNc1ncc(-c2nc3cc(N4CCOCC4)ccc3o2)c2cc(Nc3ccc(C(C)(C)O)cn3)nnc12. The molecule has 1 saturated heterocycles. The Morgan fingerprint density at radius 3 is 2.55 bits per heavy atom. The maximum absolute atomic E-state index is 10.2. The van der Waals surface area contributed by atoms with Crippen LogP contribution in [0.25, 0.3) is 33.5 Å². The first-order chi connectivity index (χ1) is 18.4. The van der Waals surface area contributed by atoms with E-state index in [1.165, 1.54) is 0 Å². The smallest absolute Gasteiger partial charge is 0.229 e. The highest BCUT2D eigenvalue weighted by Crippen LogP contribution is 2.34. The first kappa shape index (κ1) is 24.0. The van der Waals surface area contributed by atoms with E-state index in [0.29, 0.717) is 58.8 Å². The molecule has 0 atom stereocenters. The molecule has 4 aromatic heterocycles. The van der Waals surface area contributed by atoms with Gasteiger partial charge in [-0.05, 0) is 44.2 Å². The minimum absolute atomic E-state index is 0.450. The Morgan fingerprint density at radius 2 is 1.82 bits per heavy atom. The van der Waals surface area contributed by atoms with Crippen molar-refractivity contribution in [1.29, 1.82) is 0 Å². The van der Waals surface area contributed by atoms with Gasteiger partial charge in [-0.1, -0.05) is 6.07 Å². The number of hydrogen-bond acceptors (Lipinski definition) is 11. The van der Waals surface area contributed by atoms with E-state index < -0.39 is 5.60 Å². The molecule has 0 radical (unpaired) electrons. The number of hydrogen-bond donors (Lipinski definition) is 3. The summed E-state index contributed by atoms with van der Waals surface area (Å²) in [4.78, 5) is 16.0. The molecule has 0 amide bonds. The predicted molar refractivity (Wildman–Crippen MR) is 146 cm³/mol. The molecule has 0 aliphatic carbocycles. The Bertz CT molecular complexity index is 1610. The third-order valence-electron chi connectivity index (χ3n) is 6.57. The van der Waals surface area contributed by atoms with E-state index in [1.807, 2.05) is 30.3 Å². The van der Waals surface area contributed by atoms with Crippen LogP contribution in [0.1, 0.15) is 19.4 Å². The Kier molecular flexibility index (Phi) is 6.01. The zero-order chi connectivity index (χ0) is 26.3. The zero-order valence-electron chi connectivity index (χ0n) is 21.4. The molecule has 1 aromatic carbocycles. The summed E-state index contributed by atoms with van der Waals surface area (Å²) in [7, 11) is 1.79. The van der Waals surface area contributed by atoms with Crippen molar-refractivity contribution in [1.82, 2.24) is 25.1 Å². The van der Waals surface area contributed by atoms with E-state index >= 15 is 0 Å². The maximum Gasteiger partial charge on any atom is 0.229 e. The fourth-order valence-corrected chi connectivity index (χ4v) is 4.46. The second-order valence-corrected chi connectivity index (χ2v) is 9.65. The van der Waals surface area contributed by atoms with E-state index in [4.69, 9.17) is 14.1 Å². The number of aromatic nitrogens is 5. The van der Waals surface area contributed by atoms with Gasteiger partial charge in [0.1, 0.15) is 16.9 Å². The fraction of sp³-hybridized carbons (Fsp3) is 0.296. The largest absolute Gasteiger partial charge is 0.436 e. The quantitative estimate of drug-likeness (QED) is 0.304. The van der Waals surface area contributed by atoms with Gasteiger partial charge in [-0.3, -0.25) is 0 Å². The minimum atomic E-state index is -0.970. The number of aliphatic hydroxyl groups is 1. The van der Waals surface area contributed by atoms with Crippen LogP contribution in [0, 0.1) is 0 Å². The van der Waals surface area contributed by atoms with Crippen molar-refractivity contribution in [3.8, 4) is 11.5 Å². The van der Waals surface area contributed by atoms with E-state index in [2.05, 4.69) is 35.7 Å². The lowest BCUT2D eigenvalue weighted by molar-refractivity contribution is 0.0782. The van der Waals surface area contributed by atoms with E-state index in [1.54, 1.807) is 39.4 Å². The third kappa shape index (κ3) is 4.57. The van der Waals surface area contributed by atoms with Gasteiger partial charge in [0.05, 0.1) is 24.4 Å². The molecule has 0 unspecified atom stereocenters. The average molecular weight is 513 g/mol. The molecule has 38 heavy (non-hydrogen) atoms. The van der Waals surface area contributed by atoms with Crippen molar-refractivity contribution in [2.45, 2.75) is 19.4 Å². The zero-order valence-corrected chi connectivity index (χ0v) is 21.4. The van der Waals surface area contributed by atoms with E-state index in [9.17, 15) is 5.11 Å². The van der Waals surface area contributed by atoms with Gasteiger partial charge in [0.25, 0.3) is 0 Å². The highest BCUT2D eigenvalue weighted by molar-refractivity contribution is 5.99. The summed E-state index contributed by atoms with van der Waals surface area (Å²) in [5.41, 5.74) is 3.60. The van der Waals surface area contributed by atoms with Gasteiger partial charge in [-0.25, -0.2) is 15.0 Å². The van der Waals surface area contributed by atoms with Crippen LogP contribution >= 0.6 is 0 Å². The van der Waals surface area contributed by atoms with Crippen LogP contribution in [0.5, 0.6) is 0 Å². The van der Waals surface area contributed by atoms with Gasteiger partial charge in [0.2, 0.25) is 5.89 Å². The molecule has 194 valence electrons.